The van der Waals surface area contributed by atoms with Crippen LogP contribution in [-0.2, 0) is 9.59 Å². The van der Waals surface area contributed by atoms with Gasteiger partial charge in [-0.05, 0) is 62.2 Å². The summed E-state index contributed by atoms with van der Waals surface area (Å²) in [6.07, 6.45) is 7.59. The van der Waals surface area contributed by atoms with Gasteiger partial charge in [0, 0.05) is 5.41 Å². The lowest BCUT2D eigenvalue weighted by atomic mass is 9.49. The molecule has 4 nitrogen and oxygen atoms in total. The van der Waals surface area contributed by atoms with Crippen LogP contribution in [0.5, 0.6) is 0 Å². The maximum atomic E-state index is 12.9. The van der Waals surface area contributed by atoms with E-state index in [0.29, 0.717) is 17.8 Å². The zero-order valence-electron chi connectivity index (χ0n) is 13.1. The Morgan fingerprint density at radius 3 is 2.00 bits per heavy atom. The molecule has 4 fully saturated rings. The number of amides is 1. The Kier molecular flexibility index (Phi) is 3.74. The molecule has 0 unspecified atom stereocenters. The van der Waals surface area contributed by atoms with Gasteiger partial charge in [-0.2, -0.15) is 0 Å². The van der Waals surface area contributed by atoms with Gasteiger partial charge in [0.05, 0.1) is 0 Å². The lowest BCUT2D eigenvalue weighted by Crippen LogP contribution is -2.57. The number of carbonyl (C=O) groups excluding carboxylic acids is 1. The number of hydrogen-bond acceptors (Lipinski definition) is 2. The molecule has 4 aliphatic rings. The Labute approximate surface area is 126 Å². The molecule has 0 aromatic rings. The van der Waals surface area contributed by atoms with Crippen LogP contribution in [0.3, 0.4) is 0 Å². The molecule has 1 amide bonds. The van der Waals surface area contributed by atoms with E-state index in [4.69, 9.17) is 0 Å². The van der Waals surface area contributed by atoms with E-state index in [1.807, 2.05) is 13.8 Å². The minimum absolute atomic E-state index is 0.0225. The van der Waals surface area contributed by atoms with Gasteiger partial charge in [-0.25, -0.2) is 4.79 Å². The highest BCUT2D eigenvalue weighted by Crippen LogP contribution is 2.60. The summed E-state index contributed by atoms with van der Waals surface area (Å²) in [5.41, 5.74) is -0.254. The summed E-state index contributed by atoms with van der Waals surface area (Å²) in [6.45, 7) is 3.87. The molecular weight excluding hydrogens is 266 g/mol. The van der Waals surface area contributed by atoms with Crippen molar-refractivity contribution in [1.29, 1.82) is 0 Å². The molecule has 0 radical (unpaired) electrons. The third-order valence-electron chi connectivity index (χ3n) is 6.29. The minimum Gasteiger partial charge on any atom is -0.480 e. The van der Waals surface area contributed by atoms with E-state index in [2.05, 4.69) is 5.32 Å². The quantitative estimate of drug-likeness (QED) is 0.819. The highest BCUT2D eigenvalue weighted by atomic mass is 16.4. The van der Waals surface area contributed by atoms with Crippen LogP contribution in [0.25, 0.3) is 0 Å². The molecule has 0 aromatic heterocycles. The first-order valence-electron chi connectivity index (χ1n) is 8.47. The number of rotatable bonds is 5. The van der Waals surface area contributed by atoms with Crippen LogP contribution in [0.15, 0.2) is 0 Å². The zero-order valence-corrected chi connectivity index (χ0v) is 13.1. The van der Waals surface area contributed by atoms with Crippen LogP contribution in [-0.4, -0.2) is 23.0 Å². The average Bonchev–Trinajstić information content (AvgIpc) is 2.41. The normalized spacial score (nSPS) is 39.8. The van der Waals surface area contributed by atoms with Crippen LogP contribution in [0.2, 0.25) is 0 Å². The summed E-state index contributed by atoms with van der Waals surface area (Å²) < 4.78 is 0. The second kappa shape index (κ2) is 5.29. The lowest BCUT2D eigenvalue weighted by Gasteiger charge is -2.55. The van der Waals surface area contributed by atoms with E-state index >= 15 is 0 Å². The molecule has 0 spiro atoms. The molecule has 21 heavy (non-hydrogen) atoms. The van der Waals surface area contributed by atoms with E-state index in [0.717, 1.165) is 25.7 Å². The van der Waals surface area contributed by atoms with Crippen LogP contribution in [0.4, 0.5) is 0 Å². The third kappa shape index (κ3) is 2.58. The first kappa shape index (κ1) is 14.9. The molecule has 4 rings (SSSR count). The van der Waals surface area contributed by atoms with Crippen molar-refractivity contribution < 1.29 is 14.7 Å². The number of nitrogens with one attached hydrogen (secondary N) is 1. The fraction of sp³-hybridized carbons (Fsp3) is 0.882. The van der Waals surface area contributed by atoms with Crippen molar-refractivity contribution in [3.05, 3.63) is 0 Å². The summed E-state index contributed by atoms with van der Waals surface area (Å²) >= 11 is 0. The predicted octanol–water partition coefficient (Wildman–Crippen LogP) is 2.82. The minimum atomic E-state index is -0.901. The van der Waals surface area contributed by atoms with Crippen molar-refractivity contribution in [2.45, 2.75) is 64.8 Å². The molecule has 0 aliphatic heterocycles. The Hall–Kier alpha value is -1.06. The number of carboxylic acids is 1. The summed E-state index contributed by atoms with van der Waals surface area (Å²) in [5, 5.41) is 12.3. The molecule has 2 N–H and O–H groups in total. The van der Waals surface area contributed by atoms with Gasteiger partial charge < -0.3 is 10.4 Å². The number of aliphatic carboxylic acids is 1. The van der Waals surface area contributed by atoms with Crippen molar-refractivity contribution in [1.82, 2.24) is 5.32 Å². The van der Waals surface area contributed by atoms with Gasteiger partial charge in [0.1, 0.15) is 6.04 Å². The van der Waals surface area contributed by atoms with Gasteiger partial charge in [0.2, 0.25) is 5.91 Å². The summed E-state index contributed by atoms with van der Waals surface area (Å²) in [7, 11) is 0. The van der Waals surface area contributed by atoms with Crippen molar-refractivity contribution >= 4 is 11.9 Å². The fourth-order valence-corrected chi connectivity index (χ4v) is 5.37. The van der Waals surface area contributed by atoms with Crippen LogP contribution >= 0.6 is 0 Å². The largest absolute Gasteiger partial charge is 0.480 e. The molecule has 4 saturated carbocycles. The first-order chi connectivity index (χ1) is 9.93. The summed E-state index contributed by atoms with van der Waals surface area (Å²) in [6, 6.07) is -0.740. The SMILES string of the molecule is CC[C@@H](C)[C@@H](NC(=O)C12CC3CC(CC(C3)C1)C2)C(=O)O. The van der Waals surface area contributed by atoms with E-state index in [-0.39, 0.29) is 17.2 Å². The highest BCUT2D eigenvalue weighted by molar-refractivity contribution is 5.88. The van der Waals surface area contributed by atoms with Crippen molar-refractivity contribution in [2.75, 3.05) is 0 Å². The van der Waals surface area contributed by atoms with Crippen LogP contribution < -0.4 is 5.32 Å². The maximum absolute atomic E-state index is 12.9. The standard InChI is InChI=1S/C17H27NO3/c1-3-10(2)14(15(19)20)18-16(21)17-7-11-4-12(8-17)6-13(5-11)9-17/h10-14H,3-9H2,1-2H3,(H,18,21)(H,19,20)/t10-,11?,12?,13?,14-,17?/m1/s1. The van der Waals surface area contributed by atoms with Gasteiger partial charge in [0.15, 0.2) is 0 Å². The molecule has 4 aliphatic carbocycles. The number of hydrogen-bond donors (Lipinski definition) is 2. The summed E-state index contributed by atoms with van der Waals surface area (Å²) in [5.74, 6) is 1.20. The van der Waals surface area contributed by atoms with Crippen LogP contribution in [0.1, 0.15) is 58.8 Å². The monoisotopic (exact) mass is 293 g/mol. The Morgan fingerprint density at radius 2 is 1.62 bits per heavy atom. The molecule has 0 saturated heterocycles. The molecule has 4 bridgehead atoms. The Bertz CT molecular complexity index is 410. The molecular formula is C17H27NO3. The van der Waals surface area contributed by atoms with E-state index < -0.39 is 12.0 Å². The second-order valence-electron chi connectivity index (χ2n) is 7.87. The fourth-order valence-electron chi connectivity index (χ4n) is 5.37. The van der Waals surface area contributed by atoms with E-state index in [1.165, 1.54) is 19.3 Å². The second-order valence-corrected chi connectivity index (χ2v) is 7.87. The van der Waals surface area contributed by atoms with Gasteiger partial charge in [0.25, 0.3) is 0 Å². The average molecular weight is 293 g/mol. The van der Waals surface area contributed by atoms with E-state index in [9.17, 15) is 14.7 Å². The Balaban J connectivity index is 1.74. The molecule has 4 heteroatoms. The van der Waals surface area contributed by atoms with Gasteiger partial charge in [-0.3, -0.25) is 4.79 Å². The van der Waals surface area contributed by atoms with Crippen molar-refractivity contribution in [3.8, 4) is 0 Å². The topological polar surface area (TPSA) is 66.4 Å². The van der Waals surface area contributed by atoms with Crippen molar-refractivity contribution in [3.63, 3.8) is 0 Å². The third-order valence-corrected chi connectivity index (χ3v) is 6.29. The van der Waals surface area contributed by atoms with Gasteiger partial charge in [-0.1, -0.05) is 20.3 Å². The molecule has 2 atom stereocenters. The predicted molar refractivity (Wildman–Crippen MR) is 79.6 cm³/mol. The smallest absolute Gasteiger partial charge is 0.326 e. The number of carboxylic acid groups (broad SMARTS) is 1. The van der Waals surface area contributed by atoms with E-state index in [1.54, 1.807) is 0 Å². The summed E-state index contributed by atoms with van der Waals surface area (Å²) in [4.78, 5) is 24.3. The maximum Gasteiger partial charge on any atom is 0.326 e. The van der Waals surface area contributed by atoms with Gasteiger partial charge in [-0.15, -0.1) is 0 Å². The zero-order chi connectivity index (χ0) is 15.2. The Morgan fingerprint density at radius 1 is 1.14 bits per heavy atom. The molecule has 118 valence electrons. The molecule has 0 aromatic carbocycles. The lowest BCUT2D eigenvalue weighted by molar-refractivity contribution is -0.152. The van der Waals surface area contributed by atoms with Crippen molar-refractivity contribution in [2.24, 2.45) is 29.1 Å². The van der Waals surface area contributed by atoms with Gasteiger partial charge >= 0.3 is 5.97 Å². The highest BCUT2D eigenvalue weighted by Gasteiger charge is 2.55. The van der Waals surface area contributed by atoms with Crippen LogP contribution in [0, 0.1) is 29.1 Å². The first-order valence-corrected chi connectivity index (χ1v) is 8.47. The molecule has 0 heterocycles. The number of carbonyl (C=O) groups is 2.